The lowest BCUT2D eigenvalue weighted by atomic mass is 9.99. The van der Waals surface area contributed by atoms with Crippen LogP contribution >= 0.6 is 0 Å². The van der Waals surface area contributed by atoms with Gasteiger partial charge in [-0.3, -0.25) is 4.98 Å². The van der Waals surface area contributed by atoms with Crippen molar-refractivity contribution in [2.24, 2.45) is 10.9 Å². The molecular formula is C25H26F3N7. The molecular weight excluding hydrogens is 455 g/mol. The first kappa shape index (κ1) is 24.3. The summed E-state index contributed by atoms with van der Waals surface area (Å²) >= 11 is 0. The molecule has 1 N–H and O–H groups in total. The summed E-state index contributed by atoms with van der Waals surface area (Å²) in [5, 5.41) is 12.6. The third-order valence-corrected chi connectivity index (χ3v) is 6.20. The molecule has 3 aromatic rings. The molecule has 10 heteroatoms. The summed E-state index contributed by atoms with van der Waals surface area (Å²) in [7, 11) is 0. The molecule has 0 saturated carbocycles. The number of hydrogen-bond acceptors (Lipinski definition) is 5. The quantitative estimate of drug-likeness (QED) is 0.320. The van der Waals surface area contributed by atoms with Crippen LogP contribution in [0.15, 0.2) is 53.7 Å². The van der Waals surface area contributed by atoms with Crippen LogP contribution in [0.4, 0.5) is 24.7 Å². The molecule has 182 valence electrons. The van der Waals surface area contributed by atoms with Crippen LogP contribution in [0.3, 0.4) is 0 Å². The lowest BCUT2D eigenvalue weighted by Gasteiger charge is -2.45. The van der Waals surface area contributed by atoms with Gasteiger partial charge < -0.3 is 15.1 Å². The fourth-order valence-electron chi connectivity index (χ4n) is 4.30. The number of aliphatic imine (C=N–C) groups is 1. The molecule has 1 saturated heterocycles. The number of nitriles is 1. The average molecular weight is 482 g/mol. The first-order chi connectivity index (χ1) is 16.7. The molecule has 1 atom stereocenters. The Morgan fingerprint density at radius 1 is 1.17 bits per heavy atom. The fraction of sp³-hybridized carbons (Fsp3) is 0.360. The van der Waals surface area contributed by atoms with E-state index >= 15 is 0 Å². The number of nitrogens with zero attached hydrogens (tertiary/aromatic N) is 6. The number of hydrogen-bond donors (Lipinski definition) is 1. The molecule has 0 spiro atoms. The maximum atomic E-state index is 13.5. The third kappa shape index (κ3) is 5.14. The first-order valence-corrected chi connectivity index (χ1v) is 11.3. The molecule has 2 aromatic carbocycles. The van der Waals surface area contributed by atoms with Crippen molar-refractivity contribution in [3.05, 3.63) is 59.8 Å². The molecule has 7 nitrogen and oxygen atoms in total. The van der Waals surface area contributed by atoms with E-state index in [1.54, 1.807) is 0 Å². The van der Waals surface area contributed by atoms with Crippen LogP contribution in [0.2, 0.25) is 0 Å². The van der Waals surface area contributed by atoms with Crippen LogP contribution in [0.25, 0.3) is 11.0 Å². The van der Waals surface area contributed by atoms with Crippen LogP contribution in [-0.4, -0.2) is 46.5 Å². The van der Waals surface area contributed by atoms with E-state index in [0.717, 1.165) is 17.3 Å². The highest BCUT2D eigenvalue weighted by Gasteiger charge is 2.35. The average Bonchev–Trinajstić information content (AvgIpc) is 2.83. The van der Waals surface area contributed by atoms with E-state index in [1.165, 1.54) is 18.3 Å². The monoisotopic (exact) mass is 481 g/mol. The SMILES string of the molecule is Cc1ccccc1N/C(=N\C#N)N1CCN(c2cnc3cccc(C(F)(F)F)c3n2)CC1C(C)C. The Labute approximate surface area is 201 Å². The van der Waals surface area contributed by atoms with E-state index < -0.39 is 11.7 Å². The van der Waals surface area contributed by atoms with Crippen LogP contribution < -0.4 is 10.2 Å². The maximum Gasteiger partial charge on any atom is 0.418 e. The number of para-hydroxylation sites is 2. The summed E-state index contributed by atoms with van der Waals surface area (Å²) in [6, 6.07) is 11.6. The van der Waals surface area contributed by atoms with Gasteiger partial charge >= 0.3 is 6.18 Å². The van der Waals surface area contributed by atoms with E-state index in [4.69, 9.17) is 0 Å². The van der Waals surface area contributed by atoms with Gasteiger partial charge in [0.15, 0.2) is 0 Å². The van der Waals surface area contributed by atoms with Crippen molar-refractivity contribution in [3.63, 3.8) is 0 Å². The van der Waals surface area contributed by atoms with Crippen molar-refractivity contribution in [1.29, 1.82) is 5.26 Å². The molecule has 0 amide bonds. The van der Waals surface area contributed by atoms with Gasteiger partial charge in [-0.2, -0.15) is 18.4 Å². The number of benzene rings is 2. The zero-order valence-electron chi connectivity index (χ0n) is 19.7. The predicted molar refractivity (Wildman–Crippen MR) is 130 cm³/mol. The molecule has 4 rings (SSSR count). The van der Waals surface area contributed by atoms with Gasteiger partial charge in [-0.05, 0) is 36.6 Å². The molecule has 1 unspecified atom stereocenters. The third-order valence-electron chi connectivity index (χ3n) is 6.20. The van der Waals surface area contributed by atoms with Crippen molar-refractivity contribution in [1.82, 2.24) is 14.9 Å². The molecule has 1 aromatic heterocycles. The number of aryl methyl sites for hydroxylation is 1. The van der Waals surface area contributed by atoms with Gasteiger partial charge in [0, 0.05) is 25.3 Å². The Morgan fingerprint density at radius 3 is 2.63 bits per heavy atom. The Bertz CT molecular complexity index is 1280. The number of nitrogens with one attached hydrogen (secondary N) is 1. The summed E-state index contributed by atoms with van der Waals surface area (Å²) in [5.74, 6) is 1.01. The largest absolute Gasteiger partial charge is 0.418 e. The number of fused-ring (bicyclic) bond motifs is 1. The lowest BCUT2D eigenvalue weighted by Crippen LogP contribution is -2.58. The number of halogens is 3. The number of alkyl halides is 3. The van der Waals surface area contributed by atoms with Gasteiger partial charge in [0.05, 0.1) is 23.3 Å². The summed E-state index contributed by atoms with van der Waals surface area (Å²) in [4.78, 5) is 16.7. The highest BCUT2D eigenvalue weighted by molar-refractivity contribution is 5.95. The zero-order chi connectivity index (χ0) is 25.2. The van der Waals surface area contributed by atoms with Crippen molar-refractivity contribution in [3.8, 4) is 6.19 Å². The van der Waals surface area contributed by atoms with Crippen LogP contribution in [-0.2, 0) is 6.18 Å². The molecule has 1 aliphatic heterocycles. The number of aromatic nitrogens is 2. The number of rotatable bonds is 3. The molecule has 0 bridgehead atoms. The highest BCUT2D eigenvalue weighted by atomic mass is 19.4. The minimum atomic E-state index is -4.52. The predicted octanol–water partition coefficient (Wildman–Crippen LogP) is 5.05. The normalized spacial score (nSPS) is 17.1. The van der Waals surface area contributed by atoms with Crippen molar-refractivity contribution in [2.45, 2.75) is 33.0 Å². The van der Waals surface area contributed by atoms with E-state index in [0.29, 0.717) is 31.4 Å². The number of guanidine groups is 1. The molecule has 0 radical (unpaired) electrons. The van der Waals surface area contributed by atoms with Gasteiger partial charge in [0.2, 0.25) is 12.2 Å². The van der Waals surface area contributed by atoms with Gasteiger partial charge in [-0.15, -0.1) is 4.99 Å². The highest BCUT2D eigenvalue weighted by Crippen LogP contribution is 2.34. The summed E-state index contributed by atoms with van der Waals surface area (Å²) in [6.07, 6.45) is -1.11. The zero-order valence-corrected chi connectivity index (χ0v) is 19.7. The second-order valence-electron chi connectivity index (χ2n) is 8.83. The Balaban J connectivity index is 1.63. The maximum absolute atomic E-state index is 13.5. The van der Waals surface area contributed by atoms with E-state index in [1.807, 2.05) is 47.2 Å². The van der Waals surface area contributed by atoms with E-state index in [2.05, 4.69) is 34.1 Å². The van der Waals surface area contributed by atoms with Crippen molar-refractivity contribution < 1.29 is 13.2 Å². The van der Waals surface area contributed by atoms with E-state index in [9.17, 15) is 18.4 Å². The Morgan fingerprint density at radius 2 is 1.94 bits per heavy atom. The van der Waals surface area contributed by atoms with E-state index in [-0.39, 0.29) is 23.0 Å². The Hall–Kier alpha value is -3.87. The molecule has 2 heterocycles. The standard InChI is InChI=1S/C25H26F3N7/c1-16(2)21-14-34(22-13-30-20-10-6-8-18(23(20)33-22)25(26,27)28)11-12-35(21)24(31-15-29)32-19-9-5-4-7-17(19)3/h4-10,13,16,21H,11-12,14H2,1-3H3,(H,31,32). The molecule has 1 aliphatic rings. The Kier molecular flexibility index (Phi) is 6.78. The van der Waals surface area contributed by atoms with Gasteiger partial charge in [0.25, 0.3) is 0 Å². The summed E-state index contributed by atoms with van der Waals surface area (Å²) in [6.45, 7) is 7.57. The summed E-state index contributed by atoms with van der Waals surface area (Å²) in [5.41, 5.74) is 1.12. The van der Waals surface area contributed by atoms with Gasteiger partial charge in [-0.25, -0.2) is 4.98 Å². The first-order valence-electron chi connectivity index (χ1n) is 11.3. The van der Waals surface area contributed by atoms with Crippen LogP contribution in [0.5, 0.6) is 0 Å². The smallest absolute Gasteiger partial charge is 0.351 e. The minimum Gasteiger partial charge on any atom is -0.351 e. The van der Waals surface area contributed by atoms with Crippen molar-refractivity contribution >= 4 is 28.5 Å². The van der Waals surface area contributed by atoms with Crippen LogP contribution in [0.1, 0.15) is 25.0 Å². The fourth-order valence-corrected chi connectivity index (χ4v) is 4.30. The second-order valence-corrected chi connectivity index (χ2v) is 8.83. The summed E-state index contributed by atoms with van der Waals surface area (Å²) < 4.78 is 40.6. The molecule has 35 heavy (non-hydrogen) atoms. The number of piperazine rings is 1. The second kappa shape index (κ2) is 9.78. The minimum absolute atomic E-state index is 0.0669. The van der Waals surface area contributed by atoms with Crippen molar-refractivity contribution in [2.75, 3.05) is 29.9 Å². The molecule has 0 aliphatic carbocycles. The van der Waals surface area contributed by atoms with Gasteiger partial charge in [0.1, 0.15) is 11.3 Å². The molecule has 1 fully saturated rings. The lowest BCUT2D eigenvalue weighted by molar-refractivity contribution is -0.136. The number of anilines is 2. The van der Waals surface area contributed by atoms with Gasteiger partial charge in [-0.1, -0.05) is 38.1 Å². The van der Waals surface area contributed by atoms with Crippen LogP contribution in [0, 0.1) is 24.3 Å². The topological polar surface area (TPSA) is 80.4 Å².